The zero-order valence-corrected chi connectivity index (χ0v) is 11.0. The van der Waals surface area contributed by atoms with E-state index in [1.807, 2.05) is 6.07 Å². The Kier molecular flexibility index (Phi) is 6.26. The van der Waals surface area contributed by atoms with Crippen LogP contribution in [0.5, 0.6) is 0 Å². The van der Waals surface area contributed by atoms with Gasteiger partial charge in [0.25, 0.3) is 0 Å². The van der Waals surface area contributed by atoms with Crippen LogP contribution in [0, 0.1) is 0 Å². The fourth-order valence-electron chi connectivity index (χ4n) is 1.18. The molecule has 0 saturated carbocycles. The molecule has 1 rings (SSSR count). The minimum atomic E-state index is -3.94. The first-order chi connectivity index (χ1) is 9.03. The van der Waals surface area contributed by atoms with Crippen molar-refractivity contribution in [2.45, 2.75) is 13.0 Å². The number of amides is 1. The molecule has 0 radical (unpaired) electrons. The highest BCUT2D eigenvalue weighted by Crippen LogP contribution is 2.00. The van der Waals surface area contributed by atoms with Crippen molar-refractivity contribution >= 4 is 16.3 Å². The van der Waals surface area contributed by atoms with Gasteiger partial charge in [0.2, 0.25) is 0 Å². The lowest BCUT2D eigenvalue weighted by molar-refractivity contribution is 0.146. The molecule has 0 heterocycles. The van der Waals surface area contributed by atoms with Gasteiger partial charge in [-0.05, 0) is 12.0 Å². The summed E-state index contributed by atoms with van der Waals surface area (Å²) in [6.45, 7) is -0.113. The van der Waals surface area contributed by atoms with Gasteiger partial charge < -0.3 is 9.84 Å². The lowest BCUT2D eigenvalue weighted by Crippen LogP contribution is -2.41. The Hall–Kier alpha value is -1.64. The minimum absolute atomic E-state index is 0.0150. The molecule has 1 aromatic carbocycles. The third-order valence-electron chi connectivity index (χ3n) is 2.06. The van der Waals surface area contributed by atoms with Crippen molar-refractivity contribution in [1.82, 2.24) is 9.44 Å². The fraction of sp³-hybridized carbons (Fsp3) is 0.364. The zero-order valence-electron chi connectivity index (χ0n) is 10.2. The van der Waals surface area contributed by atoms with E-state index in [4.69, 9.17) is 9.84 Å². The number of carbonyl (C=O) groups excluding carboxylic acids is 1. The Morgan fingerprint density at radius 1 is 1.26 bits per heavy atom. The molecule has 0 aromatic heterocycles. The molecule has 106 valence electrons. The second kappa shape index (κ2) is 7.72. The summed E-state index contributed by atoms with van der Waals surface area (Å²) in [4.78, 5) is 11.3. The SMILES string of the molecule is O=C(NS(=O)(=O)NCCCO)OCc1ccccc1. The number of hydrogen-bond acceptors (Lipinski definition) is 5. The van der Waals surface area contributed by atoms with Crippen molar-refractivity contribution in [3.63, 3.8) is 0 Å². The van der Waals surface area contributed by atoms with Crippen molar-refractivity contribution in [1.29, 1.82) is 0 Å². The number of aliphatic hydroxyl groups excluding tert-OH is 1. The van der Waals surface area contributed by atoms with Crippen molar-refractivity contribution in [2.24, 2.45) is 0 Å². The molecule has 0 aliphatic rings. The molecule has 1 amide bonds. The second-order valence-electron chi connectivity index (χ2n) is 3.64. The van der Waals surface area contributed by atoms with Gasteiger partial charge in [-0.25, -0.2) is 9.52 Å². The maximum absolute atomic E-state index is 11.3. The predicted molar refractivity (Wildman–Crippen MR) is 68.4 cm³/mol. The average molecular weight is 288 g/mol. The number of rotatable bonds is 7. The Bertz CT molecular complexity index is 489. The quantitative estimate of drug-likeness (QED) is 0.619. The molecular weight excluding hydrogens is 272 g/mol. The van der Waals surface area contributed by atoms with E-state index in [-0.39, 0.29) is 26.2 Å². The van der Waals surface area contributed by atoms with E-state index in [1.165, 1.54) is 0 Å². The van der Waals surface area contributed by atoms with Crippen LogP contribution in [0.25, 0.3) is 0 Å². The van der Waals surface area contributed by atoms with Gasteiger partial charge in [-0.2, -0.15) is 13.1 Å². The standard InChI is InChI=1S/C11H16N2O5S/c14-8-4-7-12-19(16,17)13-11(15)18-9-10-5-2-1-3-6-10/h1-3,5-6,12,14H,4,7-9H2,(H,13,15). The molecule has 8 heteroatoms. The van der Waals surface area contributed by atoms with Crippen LogP contribution in [0.4, 0.5) is 4.79 Å². The highest BCUT2D eigenvalue weighted by molar-refractivity contribution is 7.88. The van der Waals surface area contributed by atoms with Gasteiger partial charge in [0.1, 0.15) is 6.61 Å². The molecule has 3 N–H and O–H groups in total. The van der Waals surface area contributed by atoms with Crippen LogP contribution in [0.3, 0.4) is 0 Å². The normalized spacial score (nSPS) is 11.0. The molecule has 0 saturated heterocycles. The Labute approximate surface area is 111 Å². The highest BCUT2D eigenvalue weighted by Gasteiger charge is 2.14. The van der Waals surface area contributed by atoms with Crippen LogP contribution in [-0.2, 0) is 21.6 Å². The molecule has 0 atom stereocenters. The number of benzene rings is 1. The maximum Gasteiger partial charge on any atom is 0.422 e. The van der Waals surface area contributed by atoms with E-state index in [0.29, 0.717) is 0 Å². The summed E-state index contributed by atoms with van der Waals surface area (Å²) in [6.07, 6.45) is -0.791. The molecule has 0 aliphatic heterocycles. The molecular formula is C11H16N2O5S. The molecule has 0 fully saturated rings. The van der Waals surface area contributed by atoms with Crippen molar-refractivity contribution in [2.75, 3.05) is 13.2 Å². The first-order valence-corrected chi connectivity index (χ1v) is 7.11. The van der Waals surface area contributed by atoms with Crippen LogP contribution in [0.15, 0.2) is 30.3 Å². The summed E-state index contributed by atoms with van der Waals surface area (Å²) in [5.74, 6) is 0. The first-order valence-electron chi connectivity index (χ1n) is 5.62. The highest BCUT2D eigenvalue weighted by atomic mass is 32.2. The summed E-state index contributed by atoms with van der Waals surface area (Å²) in [5.41, 5.74) is 0.753. The van der Waals surface area contributed by atoms with Crippen molar-refractivity contribution in [3.05, 3.63) is 35.9 Å². The van der Waals surface area contributed by atoms with Gasteiger partial charge in [-0.3, -0.25) is 0 Å². The van der Waals surface area contributed by atoms with Crippen LogP contribution in [-0.4, -0.2) is 32.8 Å². The molecule has 0 aliphatic carbocycles. The number of nitrogens with one attached hydrogen (secondary N) is 2. The molecule has 19 heavy (non-hydrogen) atoms. The Balaban J connectivity index is 2.34. The Morgan fingerprint density at radius 3 is 2.58 bits per heavy atom. The van der Waals surface area contributed by atoms with E-state index in [2.05, 4.69) is 4.72 Å². The van der Waals surface area contributed by atoms with Crippen molar-refractivity contribution in [3.8, 4) is 0 Å². The van der Waals surface area contributed by atoms with Crippen molar-refractivity contribution < 1.29 is 23.1 Å². The van der Waals surface area contributed by atoms with Gasteiger partial charge in [0.05, 0.1) is 0 Å². The van der Waals surface area contributed by atoms with E-state index < -0.39 is 16.3 Å². The topological polar surface area (TPSA) is 105 Å². The van der Waals surface area contributed by atoms with E-state index in [1.54, 1.807) is 29.0 Å². The summed E-state index contributed by atoms with van der Waals surface area (Å²) < 4.78 is 31.2. The summed E-state index contributed by atoms with van der Waals surface area (Å²) in [7, 11) is -3.94. The first kappa shape index (κ1) is 15.4. The largest absolute Gasteiger partial charge is 0.444 e. The lowest BCUT2D eigenvalue weighted by atomic mass is 10.2. The molecule has 7 nitrogen and oxygen atoms in total. The van der Waals surface area contributed by atoms with E-state index >= 15 is 0 Å². The van der Waals surface area contributed by atoms with Gasteiger partial charge >= 0.3 is 16.3 Å². The van der Waals surface area contributed by atoms with Crippen LogP contribution in [0.2, 0.25) is 0 Å². The maximum atomic E-state index is 11.3. The van der Waals surface area contributed by atoms with E-state index in [9.17, 15) is 13.2 Å². The summed E-state index contributed by atoms with van der Waals surface area (Å²) >= 11 is 0. The molecule has 0 bridgehead atoms. The van der Waals surface area contributed by atoms with Gasteiger partial charge in [0, 0.05) is 13.2 Å². The van der Waals surface area contributed by atoms with Gasteiger partial charge in [0.15, 0.2) is 0 Å². The minimum Gasteiger partial charge on any atom is -0.444 e. The lowest BCUT2D eigenvalue weighted by Gasteiger charge is -2.08. The van der Waals surface area contributed by atoms with Crippen LogP contribution in [0.1, 0.15) is 12.0 Å². The van der Waals surface area contributed by atoms with Gasteiger partial charge in [-0.15, -0.1) is 0 Å². The molecule has 1 aromatic rings. The second-order valence-corrected chi connectivity index (χ2v) is 5.14. The summed E-state index contributed by atoms with van der Waals surface area (Å²) in [6, 6.07) is 8.88. The number of aliphatic hydroxyl groups is 1. The zero-order chi connectivity index (χ0) is 14.1. The summed E-state index contributed by atoms with van der Waals surface area (Å²) in [5, 5.41) is 8.51. The van der Waals surface area contributed by atoms with E-state index in [0.717, 1.165) is 5.56 Å². The third-order valence-corrected chi connectivity index (χ3v) is 3.08. The number of hydrogen-bond donors (Lipinski definition) is 3. The average Bonchev–Trinajstić information content (AvgIpc) is 2.37. The third kappa shape index (κ3) is 6.75. The molecule has 0 spiro atoms. The smallest absolute Gasteiger partial charge is 0.422 e. The fourth-order valence-corrected chi connectivity index (χ4v) is 1.95. The monoisotopic (exact) mass is 288 g/mol. The predicted octanol–water partition coefficient (Wildman–Crippen LogP) is 0.130. The number of ether oxygens (including phenoxy) is 1. The van der Waals surface area contributed by atoms with Crippen LogP contribution >= 0.6 is 0 Å². The number of carbonyl (C=O) groups is 1. The Morgan fingerprint density at radius 2 is 1.95 bits per heavy atom. The van der Waals surface area contributed by atoms with Crippen LogP contribution < -0.4 is 9.44 Å². The molecule has 0 unspecified atom stereocenters. The van der Waals surface area contributed by atoms with Gasteiger partial charge in [-0.1, -0.05) is 30.3 Å².